The van der Waals surface area contributed by atoms with Crippen molar-refractivity contribution in [3.05, 3.63) is 24.2 Å². The second-order valence-electron chi connectivity index (χ2n) is 5.82. The molecule has 0 saturated carbocycles. The first-order chi connectivity index (χ1) is 11.2. The number of alkyl halides is 3. The summed E-state index contributed by atoms with van der Waals surface area (Å²) in [6, 6.07) is 4.87. The van der Waals surface area contributed by atoms with Gasteiger partial charge in [0.25, 0.3) is 0 Å². The van der Waals surface area contributed by atoms with E-state index in [4.69, 9.17) is 14.3 Å². The lowest BCUT2D eigenvalue weighted by atomic mass is 9.97. The minimum atomic E-state index is -5.08. The van der Waals surface area contributed by atoms with Gasteiger partial charge in [-0.2, -0.15) is 13.2 Å². The molecule has 2 aliphatic rings. The van der Waals surface area contributed by atoms with Gasteiger partial charge < -0.3 is 14.4 Å². The van der Waals surface area contributed by atoms with Crippen LogP contribution in [0.15, 0.2) is 22.8 Å². The fourth-order valence-electron chi connectivity index (χ4n) is 3.16. The van der Waals surface area contributed by atoms with E-state index in [1.807, 2.05) is 24.1 Å². The molecular weight excluding hydrogens is 329 g/mol. The number of likely N-dealkylation sites (tertiary alicyclic amines) is 2. The van der Waals surface area contributed by atoms with E-state index in [9.17, 15) is 18.0 Å². The topological polar surface area (TPSA) is 74.0 Å². The minimum absolute atomic E-state index is 0.297. The number of fused-ring (bicyclic) bond motifs is 1. The number of amides is 1. The van der Waals surface area contributed by atoms with Crippen LogP contribution in [0.3, 0.4) is 0 Å². The van der Waals surface area contributed by atoms with Crippen molar-refractivity contribution in [2.24, 2.45) is 0 Å². The average molecular weight is 348 g/mol. The fourth-order valence-corrected chi connectivity index (χ4v) is 3.16. The van der Waals surface area contributed by atoms with E-state index in [1.54, 1.807) is 6.26 Å². The Bertz CT molecular complexity index is 574. The van der Waals surface area contributed by atoms with E-state index < -0.39 is 12.1 Å². The number of furan rings is 1. The average Bonchev–Trinajstić information content (AvgIpc) is 3.13. The maximum Gasteiger partial charge on any atom is 0.490 e. The highest BCUT2D eigenvalue weighted by atomic mass is 19.4. The largest absolute Gasteiger partial charge is 0.490 e. The fraction of sp³-hybridized carbons (Fsp3) is 0.600. The van der Waals surface area contributed by atoms with Crippen LogP contribution in [0.1, 0.15) is 25.0 Å². The molecule has 9 heteroatoms. The Morgan fingerprint density at radius 2 is 2.04 bits per heavy atom. The zero-order valence-electron chi connectivity index (χ0n) is 13.1. The zero-order valence-corrected chi connectivity index (χ0v) is 13.1. The molecule has 0 aromatic carbocycles. The Labute approximate surface area is 136 Å². The van der Waals surface area contributed by atoms with Crippen molar-refractivity contribution in [3.63, 3.8) is 0 Å². The number of nitrogens with zero attached hydrogens (tertiary/aromatic N) is 2. The highest BCUT2D eigenvalue weighted by Crippen LogP contribution is 2.31. The number of carboxylic acids is 1. The summed E-state index contributed by atoms with van der Waals surface area (Å²) in [6.45, 7) is 1.93. The van der Waals surface area contributed by atoms with Crippen molar-refractivity contribution < 1.29 is 32.3 Å². The molecular formula is C15H19F3N2O4. The Balaban J connectivity index is 0.000000256. The summed E-state index contributed by atoms with van der Waals surface area (Å²) >= 11 is 0. The van der Waals surface area contributed by atoms with Crippen LogP contribution in [0.25, 0.3) is 0 Å². The van der Waals surface area contributed by atoms with Crippen LogP contribution < -0.4 is 0 Å². The standard InChI is InChI=1S/C13H18N2O2.C2HF3O2/c1-14-11-6-7-15(9-10-3-2-8-17-10)12(11)4-5-13(14)16;3-2(4,5)1(6)7/h2-3,8,11-12H,4-7,9H2,1H3;(H,6,7)/t11-,12-;/m1./s1. The van der Waals surface area contributed by atoms with Gasteiger partial charge >= 0.3 is 12.1 Å². The number of hydrogen-bond acceptors (Lipinski definition) is 4. The number of carbonyl (C=O) groups is 2. The molecule has 0 aliphatic carbocycles. The van der Waals surface area contributed by atoms with Gasteiger partial charge in [0.15, 0.2) is 0 Å². The lowest BCUT2D eigenvalue weighted by Crippen LogP contribution is -2.50. The maximum atomic E-state index is 11.6. The maximum absolute atomic E-state index is 11.6. The Hall–Kier alpha value is -2.03. The minimum Gasteiger partial charge on any atom is -0.475 e. The smallest absolute Gasteiger partial charge is 0.475 e. The van der Waals surface area contributed by atoms with Crippen LogP contribution in [0.4, 0.5) is 13.2 Å². The first-order valence-electron chi connectivity index (χ1n) is 7.52. The number of carbonyl (C=O) groups excluding carboxylic acids is 1. The first-order valence-corrected chi connectivity index (χ1v) is 7.52. The molecule has 1 aromatic heterocycles. The molecule has 24 heavy (non-hydrogen) atoms. The summed E-state index contributed by atoms with van der Waals surface area (Å²) in [6.07, 6.45) is -0.589. The van der Waals surface area contributed by atoms with Crippen LogP contribution in [0, 0.1) is 0 Å². The van der Waals surface area contributed by atoms with Crippen molar-refractivity contribution in [1.29, 1.82) is 0 Å². The molecule has 0 unspecified atom stereocenters. The molecule has 2 aliphatic heterocycles. The van der Waals surface area contributed by atoms with Crippen molar-refractivity contribution in [3.8, 4) is 0 Å². The highest BCUT2D eigenvalue weighted by molar-refractivity contribution is 5.77. The third-order valence-corrected chi connectivity index (χ3v) is 4.35. The summed E-state index contributed by atoms with van der Waals surface area (Å²) in [7, 11) is 1.94. The molecule has 1 aromatic rings. The van der Waals surface area contributed by atoms with Gasteiger partial charge in [-0.3, -0.25) is 9.69 Å². The molecule has 1 N–H and O–H groups in total. The van der Waals surface area contributed by atoms with E-state index >= 15 is 0 Å². The second kappa shape index (κ2) is 7.25. The summed E-state index contributed by atoms with van der Waals surface area (Å²) in [5.74, 6) is -1.44. The molecule has 1 amide bonds. The summed E-state index contributed by atoms with van der Waals surface area (Å²) in [5.41, 5.74) is 0. The van der Waals surface area contributed by atoms with Crippen molar-refractivity contribution in [2.45, 2.75) is 44.1 Å². The number of rotatable bonds is 2. The summed E-state index contributed by atoms with van der Waals surface area (Å²) in [4.78, 5) is 24.9. The lowest BCUT2D eigenvalue weighted by molar-refractivity contribution is -0.192. The van der Waals surface area contributed by atoms with Crippen LogP contribution >= 0.6 is 0 Å². The van der Waals surface area contributed by atoms with Crippen LogP contribution in [-0.2, 0) is 16.1 Å². The molecule has 3 heterocycles. The number of likely N-dealkylation sites (N-methyl/N-ethyl adjacent to an activating group) is 1. The molecule has 0 spiro atoms. The molecule has 2 saturated heterocycles. The second-order valence-corrected chi connectivity index (χ2v) is 5.82. The third kappa shape index (κ3) is 4.28. The van der Waals surface area contributed by atoms with Gasteiger partial charge in [-0.1, -0.05) is 0 Å². The molecule has 2 fully saturated rings. The van der Waals surface area contributed by atoms with Gasteiger partial charge in [0, 0.05) is 32.1 Å². The van der Waals surface area contributed by atoms with Gasteiger partial charge in [-0.05, 0) is 25.0 Å². The molecule has 2 atom stereocenters. The van der Waals surface area contributed by atoms with Crippen molar-refractivity contribution in [2.75, 3.05) is 13.6 Å². The van der Waals surface area contributed by atoms with Crippen LogP contribution in [0.2, 0.25) is 0 Å². The van der Waals surface area contributed by atoms with E-state index in [-0.39, 0.29) is 0 Å². The van der Waals surface area contributed by atoms with Crippen molar-refractivity contribution >= 4 is 11.9 Å². The number of hydrogen-bond donors (Lipinski definition) is 1. The highest BCUT2D eigenvalue weighted by Gasteiger charge is 2.41. The van der Waals surface area contributed by atoms with Gasteiger partial charge in [0.05, 0.1) is 12.8 Å². The predicted octanol–water partition coefficient (Wildman–Crippen LogP) is 2.11. The SMILES string of the molecule is CN1C(=O)CC[C@@H]2[C@H]1CCN2Cc1ccco1.O=C(O)C(F)(F)F. The van der Waals surface area contributed by atoms with Gasteiger partial charge in [0.1, 0.15) is 5.76 Å². The molecule has 3 rings (SSSR count). The Morgan fingerprint density at radius 3 is 2.58 bits per heavy atom. The number of carboxylic acid groups (broad SMARTS) is 1. The number of halogens is 3. The van der Waals surface area contributed by atoms with E-state index in [0.29, 0.717) is 24.4 Å². The Morgan fingerprint density at radius 1 is 1.38 bits per heavy atom. The molecule has 0 bridgehead atoms. The van der Waals surface area contributed by atoms with Crippen LogP contribution in [0.5, 0.6) is 0 Å². The monoisotopic (exact) mass is 348 g/mol. The normalized spacial score (nSPS) is 24.3. The quantitative estimate of drug-likeness (QED) is 0.886. The van der Waals surface area contributed by atoms with E-state index in [1.165, 1.54) is 0 Å². The molecule has 0 radical (unpaired) electrons. The van der Waals surface area contributed by atoms with E-state index in [2.05, 4.69) is 4.90 Å². The van der Waals surface area contributed by atoms with Gasteiger partial charge in [0.2, 0.25) is 5.91 Å². The Kier molecular flexibility index (Phi) is 5.53. The lowest BCUT2D eigenvalue weighted by Gasteiger charge is -2.37. The van der Waals surface area contributed by atoms with Gasteiger partial charge in [-0.15, -0.1) is 0 Å². The summed E-state index contributed by atoms with van der Waals surface area (Å²) in [5, 5.41) is 7.12. The predicted molar refractivity (Wildman–Crippen MR) is 77.0 cm³/mol. The third-order valence-electron chi connectivity index (χ3n) is 4.35. The molecule has 6 nitrogen and oxygen atoms in total. The van der Waals surface area contributed by atoms with E-state index in [0.717, 1.165) is 31.7 Å². The van der Waals surface area contributed by atoms with Crippen LogP contribution in [-0.4, -0.2) is 58.6 Å². The van der Waals surface area contributed by atoms with Crippen molar-refractivity contribution in [1.82, 2.24) is 9.80 Å². The molecule has 134 valence electrons. The number of aliphatic carboxylic acids is 1. The zero-order chi connectivity index (χ0) is 17.9. The van der Waals surface area contributed by atoms with Gasteiger partial charge in [-0.25, -0.2) is 4.79 Å². The first kappa shape index (κ1) is 18.3. The number of piperidine rings is 1. The summed E-state index contributed by atoms with van der Waals surface area (Å²) < 4.78 is 37.1.